The Morgan fingerprint density at radius 1 is 1.42 bits per heavy atom. The Balaban J connectivity index is 2.15. The van der Waals surface area contributed by atoms with E-state index in [-0.39, 0.29) is 5.82 Å². The summed E-state index contributed by atoms with van der Waals surface area (Å²) < 4.78 is 13.4. The molecule has 0 spiro atoms. The Kier molecular flexibility index (Phi) is 2.18. The van der Waals surface area contributed by atoms with E-state index in [2.05, 4.69) is 15.9 Å². The van der Waals surface area contributed by atoms with Crippen LogP contribution in [0.15, 0.2) is 22.7 Å². The Labute approximate surface area is 79.9 Å². The zero-order valence-electron chi connectivity index (χ0n) is 6.69. The van der Waals surface area contributed by atoms with Crippen LogP contribution in [0, 0.1) is 11.7 Å². The van der Waals surface area contributed by atoms with Crippen molar-refractivity contribution in [1.82, 2.24) is 0 Å². The number of rotatable bonds is 2. The first kappa shape index (κ1) is 8.24. The monoisotopic (exact) mass is 228 g/mol. The summed E-state index contributed by atoms with van der Waals surface area (Å²) >= 11 is 3.18. The van der Waals surface area contributed by atoms with Gasteiger partial charge in [-0.2, -0.15) is 0 Å². The van der Waals surface area contributed by atoms with Crippen LogP contribution in [0.2, 0.25) is 0 Å². The molecular weight excluding hydrogens is 219 g/mol. The molecule has 1 aliphatic carbocycles. The molecular formula is C10H10BrF. The molecule has 0 atom stereocenters. The van der Waals surface area contributed by atoms with E-state index in [9.17, 15) is 4.39 Å². The van der Waals surface area contributed by atoms with E-state index < -0.39 is 0 Å². The molecule has 0 saturated heterocycles. The van der Waals surface area contributed by atoms with Gasteiger partial charge in [-0.15, -0.1) is 0 Å². The fourth-order valence-corrected chi connectivity index (χ4v) is 1.75. The molecule has 0 N–H and O–H groups in total. The zero-order valence-corrected chi connectivity index (χ0v) is 8.27. The van der Waals surface area contributed by atoms with Gasteiger partial charge < -0.3 is 0 Å². The fraction of sp³-hybridized carbons (Fsp3) is 0.400. The fourth-order valence-electron chi connectivity index (χ4n) is 1.32. The summed E-state index contributed by atoms with van der Waals surface area (Å²) in [5.41, 5.74) is 1.24. The maximum Gasteiger partial charge on any atom is 0.137 e. The zero-order chi connectivity index (χ0) is 8.55. The largest absolute Gasteiger partial charge is 0.206 e. The predicted octanol–water partition coefficient (Wildman–Crippen LogP) is 3.54. The van der Waals surface area contributed by atoms with Gasteiger partial charge in [-0.05, 0) is 58.8 Å². The molecule has 0 heterocycles. The molecule has 0 aliphatic heterocycles. The molecule has 64 valence electrons. The van der Waals surface area contributed by atoms with Crippen molar-refractivity contribution >= 4 is 15.9 Å². The molecule has 2 rings (SSSR count). The number of hydrogen-bond acceptors (Lipinski definition) is 0. The third kappa shape index (κ3) is 1.86. The van der Waals surface area contributed by atoms with E-state index in [1.54, 1.807) is 0 Å². The molecule has 0 aromatic heterocycles. The van der Waals surface area contributed by atoms with Crippen molar-refractivity contribution in [3.8, 4) is 0 Å². The van der Waals surface area contributed by atoms with Crippen molar-refractivity contribution in [3.05, 3.63) is 34.1 Å². The van der Waals surface area contributed by atoms with Gasteiger partial charge in [0.2, 0.25) is 0 Å². The molecule has 0 amide bonds. The summed E-state index contributed by atoms with van der Waals surface area (Å²) in [4.78, 5) is 0. The van der Waals surface area contributed by atoms with E-state index in [1.807, 2.05) is 12.1 Å². The second-order valence-electron chi connectivity index (χ2n) is 3.40. The lowest BCUT2D eigenvalue weighted by molar-refractivity contribution is 0.619. The summed E-state index contributed by atoms with van der Waals surface area (Å²) in [5, 5.41) is 0. The van der Waals surface area contributed by atoms with Crippen LogP contribution in [0.4, 0.5) is 4.39 Å². The van der Waals surface area contributed by atoms with Crippen LogP contribution in [0.3, 0.4) is 0 Å². The molecule has 12 heavy (non-hydrogen) atoms. The number of benzene rings is 1. The van der Waals surface area contributed by atoms with Crippen LogP contribution < -0.4 is 0 Å². The topological polar surface area (TPSA) is 0 Å². The molecule has 0 radical (unpaired) electrons. The average Bonchev–Trinajstić information content (AvgIpc) is 2.81. The van der Waals surface area contributed by atoms with Crippen molar-refractivity contribution in [1.29, 1.82) is 0 Å². The molecule has 1 aromatic carbocycles. The van der Waals surface area contributed by atoms with Crippen LogP contribution >= 0.6 is 15.9 Å². The highest BCUT2D eigenvalue weighted by Crippen LogP contribution is 2.33. The van der Waals surface area contributed by atoms with Crippen molar-refractivity contribution in [2.24, 2.45) is 5.92 Å². The second-order valence-corrected chi connectivity index (χ2v) is 4.25. The minimum atomic E-state index is -0.172. The molecule has 1 saturated carbocycles. The smallest absolute Gasteiger partial charge is 0.137 e. The SMILES string of the molecule is Fc1ccc(CC2CC2)cc1Br. The van der Waals surface area contributed by atoms with Gasteiger partial charge in [0.1, 0.15) is 5.82 Å². The third-order valence-corrected chi connectivity index (χ3v) is 2.81. The Morgan fingerprint density at radius 3 is 2.75 bits per heavy atom. The summed E-state index contributed by atoms with van der Waals surface area (Å²) in [6.45, 7) is 0. The standard InChI is InChI=1S/C10H10BrF/c11-9-6-8(3-4-10(9)12)5-7-1-2-7/h3-4,6-7H,1-2,5H2. The molecule has 0 bridgehead atoms. The van der Waals surface area contributed by atoms with E-state index in [4.69, 9.17) is 0 Å². The Hall–Kier alpha value is -0.370. The van der Waals surface area contributed by atoms with Crippen LogP contribution in [-0.4, -0.2) is 0 Å². The Bertz CT molecular complexity index is 292. The quantitative estimate of drug-likeness (QED) is 0.727. The average molecular weight is 229 g/mol. The van der Waals surface area contributed by atoms with E-state index >= 15 is 0 Å². The van der Waals surface area contributed by atoms with Gasteiger partial charge in [0.25, 0.3) is 0 Å². The van der Waals surface area contributed by atoms with Crippen molar-refractivity contribution in [3.63, 3.8) is 0 Å². The van der Waals surface area contributed by atoms with E-state index in [1.165, 1.54) is 24.5 Å². The normalized spacial score (nSPS) is 16.5. The Morgan fingerprint density at radius 2 is 2.17 bits per heavy atom. The first-order valence-electron chi connectivity index (χ1n) is 4.19. The van der Waals surface area contributed by atoms with Crippen molar-refractivity contribution in [2.45, 2.75) is 19.3 Å². The maximum atomic E-state index is 12.8. The van der Waals surface area contributed by atoms with Gasteiger partial charge in [-0.25, -0.2) is 4.39 Å². The number of halogens is 2. The third-order valence-electron chi connectivity index (χ3n) is 2.21. The highest BCUT2D eigenvalue weighted by molar-refractivity contribution is 9.10. The lowest BCUT2D eigenvalue weighted by atomic mass is 10.1. The van der Waals surface area contributed by atoms with E-state index in [0.717, 1.165) is 12.3 Å². The predicted molar refractivity (Wildman–Crippen MR) is 50.5 cm³/mol. The minimum Gasteiger partial charge on any atom is -0.206 e. The lowest BCUT2D eigenvalue weighted by Gasteiger charge is -2.00. The van der Waals surface area contributed by atoms with Crippen LogP contribution in [0.25, 0.3) is 0 Å². The molecule has 1 aromatic rings. The summed E-state index contributed by atoms with van der Waals surface area (Å²) in [6, 6.07) is 5.29. The van der Waals surface area contributed by atoms with Crippen molar-refractivity contribution in [2.75, 3.05) is 0 Å². The summed E-state index contributed by atoms with van der Waals surface area (Å²) in [6.07, 6.45) is 3.79. The van der Waals surface area contributed by atoms with E-state index in [0.29, 0.717) is 4.47 Å². The highest BCUT2D eigenvalue weighted by atomic mass is 79.9. The molecule has 0 unspecified atom stereocenters. The highest BCUT2D eigenvalue weighted by Gasteiger charge is 2.21. The van der Waals surface area contributed by atoms with Gasteiger partial charge in [-0.1, -0.05) is 6.07 Å². The first-order chi connectivity index (χ1) is 5.75. The molecule has 0 nitrogen and oxygen atoms in total. The minimum absolute atomic E-state index is 0.172. The lowest BCUT2D eigenvalue weighted by Crippen LogP contribution is -1.88. The van der Waals surface area contributed by atoms with Crippen molar-refractivity contribution < 1.29 is 4.39 Å². The van der Waals surface area contributed by atoms with Gasteiger partial charge >= 0.3 is 0 Å². The molecule has 2 heteroatoms. The van der Waals surface area contributed by atoms with Crippen LogP contribution in [0.5, 0.6) is 0 Å². The molecule has 1 aliphatic rings. The first-order valence-corrected chi connectivity index (χ1v) is 4.99. The second kappa shape index (κ2) is 3.17. The maximum absolute atomic E-state index is 12.8. The summed E-state index contributed by atoms with van der Waals surface area (Å²) in [7, 11) is 0. The summed E-state index contributed by atoms with van der Waals surface area (Å²) in [5.74, 6) is 0.692. The van der Waals surface area contributed by atoms with Crippen LogP contribution in [-0.2, 0) is 6.42 Å². The van der Waals surface area contributed by atoms with Crippen LogP contribution in [0.1, 0.15) is 18.4 Å². The number of hydrogen-bond donors (Lipinski definition) is 0. The molecule has 1 fully saturated rings. The van der Waals surface area contributed by atoms with Gasteiger partial charge in [0, 0.05) is 0 Å². The van der Waals surface area contributed by atoms with Gasteiger partial charge in [0.05, 0.1) is 4.47 Å². The van der Waals surface area contributed by atoms with Gasteiger partial charge in [0.15, 0.2) is 0 Å². The van der Waals surface area contributed by atoms with Gasteiger partial charge in [-0.3, -0.25) is 0 Å².